The third kappa shape index (κ3) is 3.12. The van der Waals surface area contributed by atoms with Gasteiger partial charge in [-0.3, -0.25) is 4.99 Å². The number of likely N-dealkylation sites (N-methyl/N-ethyl adjacent to an activating group) is 1. The van der Waals surface area contributed by atoms with E-state index in [0.29, 0.717) is 17.0 Å². The van der Waals surface area contributed by atoms with Gasteiger partial charge in [0.15, 0.2) is 0 Å². The van der Waals surface area contributed by atoms with Crippen molar-refractivity contribution in [1.82, 2.24) is 5.32 Å². The lowest BCUT2D eigenvalue weighted by molar-refractivity contribution is 1.00. The molecule has 0 fully saturated rings. The highest BCUT2D eigenvalue weighted by Crippen LogP contribution is 2.01. The lowest BCUT2D eigenvalue weighted by Crippen LogP contribution is -2.06. The molecule has 0 spiro atoms. The van der Waals surface area contributed by atoms with E-state index < -0.39 is 0 Å². The first kappa shape index (κ1) is 9.01. The fraction of sp³-hybridized carbons (Fsp3) is 0.286. The predicted molar refractivity (Wildman–Crippen MR) is 46.2 cm³/mol. The van der Waals surface area contributed by atoms with Crippen LogP contribution in [-0.2, 0) is 0 Å². The van der Waals surface area contributed by atoms with Crippen molar-refractivity contribution < 1.29 is 0 Å². The van der Waals surface area contributed by atoms with Crippen molar-refractivity contribution in [3.63, 3.8) is 0 Å². The van der Waals surface area contributed by atoms with Crippen molar-refractivity contribution >= 4 is 13.5 Å². The Morgan fingerprint density at radius 2 is 2.00 bits per heavy atom. The molecule has 0 aliphatic carbocycles. The molecule has 0 aromatic rings. The van der Waals surface area contributed by atoms with Crippen LogP contribution >= 0.6 is 0 Å². The Kier molecular flexibility index (Phi) is 3.54. The summed E-state index contributed by atoms with van der Waals surface area (Å²) < 4.78 is 0. The molecule has 0 rings (SSSR count). The van der Waals surface area contributed by atoms with Crippen LogP contribution in [0.3, 0.4) is 0 Å². The molecule has 0 aromatic heterocycles. The Morgan fingerprint density at radius 3 is 2.30 bits per heavy atom. The van der Waals surface area contributed by atoms with E-state index in [1.54, 1.807) is 14.0 Å². The van der Waals surface area contributed by atoms with E-state index in [2.05, 4.69) is 23.5 Å². The summed E-state index contributed by atoms with van der Waals surface area (Å²) >= 11 is 0. The van der Waals surface area contributed by atoms with Crippen LogP contribution in [0.25, 0.3) is 0 Å². The first-order valence-electron chi connectivity index (χ1n) is 2.94. The van der Waals surface area contributed by atoms with E-state index in [-0.39, 0.29) is 0 Å². The molecule has 0 atom stereocenters. The Hall–Kier alpha value is -0.985. The summed E-state index contributed by atoms with van der Waals surface area (Å²) in [5.41, 5.74) is 1.74. The average molecular weight is 134 g/mol. The van der Waals surface area contributed by atoms with Crippen molar-refractivity contribution in [1.29, 1.82) is 0 Å². The quantitative estimate of drug-likeness (QED) is 0.345. The van der Waals surface area contributed by atoms with Crippen LogP contribution < -0.4 is 5.32 Å². The fourth-order valence-corrected chi connectivity index (χ4v) is 0.425. The maximum atomic E-state index is 5.31. The van der Waals surface area contributed by atoms with Gasteiger partial charge in [0.25, 0.3) is 0 Å². The normalized spacial score (nSPS) is 10.8. The van der Waals surface area contributed by atoms with Gasteiger partial charge >= 0.3 is 0 Å². The van der Waals surface area contributed by atoms with E-state index in [1.165, 1.54) is 0 Å². The van der Waals surface area contributed by atoms with Gasteiger partial charge in [0.05, 0.1) is 11.4 Å². The summed E-state index contributed by atoms with van der Waals surface area (Å²) in [7, 11) is 7.06. The van der Waals surface area contributed by atoms with Crippen molar-refractivity contribution in [2.75, 3.05) is 7.05 Å². The van der Waals surface area contributed by atoms with Gasteiger partial charge in [-0.05, 0) is 12.5 Å². The maximum Gasteiger partial charge on any atom is 0.135 e. The summed E-state index contributed by atoms with van der Waals surface area (Å²) in [6, 6.07) is 0. The van der Waals surface area contributed by atoms with Gasteiger partial charge in [-0.1, -0.05) is 13.2 Å². The molecule has 0 saturated carbocycles. The van der Waals surface area contributed by atoms with E-state index in [4.69, 9.17) is 7.85 Å². The van der Waals surface area contributed by atoms with Crippen molar-refractivity contribution in [2.45, 2.75) is 6.92 Å². The molecule has 0 saturated heterocycles. The molecule has 52 valence electrons. The van der Waals surface area contributed by atoms with Crippen LogP contribution in [-0.4, -0.2) is 20.5 Å². The molecule has 0 bridgehead atoms. The molecule has 2 radical (unpaired) electrons. The van der Waals surface area contributed by atoms with Crippen molar-refractivity contribution in [2.24, 2.45) is 4.99 Å². The summed E-state index contributed by atoms with van der Waals surface area (Å²) in [5.74, 6) is 0. The molecule has 3 heteroatoms. The van der Waals surface area contributed by atoms with Crippen LogP contribution in [0.15, 0.2) is 29.5 Å². The minimum absolute atomic E-state index is 0.487. The zero-order chi connectivity index (χ0) is 8.15. The SMILES string of the molecule is [B]C(C)=NC(=C)C(=C)NC. The molecule has 0 aliphatic heterocycles. The number of nitrogens with one attached hydrogen (secondary N) is 1. The lowest BCUT2D eigenvalue weighted by Gasteiger charge is -2.02. The number of rotatable bonds is 3. The molecule has 0 unspecified atom stereocenters. The number of hydrogen-bond donors (Lipinski definition) is 1. The molecule has 2 nitrogen and oxygen atoms in total. The van der Waals surface area contributed by atoms with E-state index in [0.717, 1.165) is 0 Å². The molecular weight excluding hydrogens is 123 g/mol. The molecule has 0 aliphatic rings. The third-order valence-corrected chi connectivity index (χ3v) is 0.961. The summed E-state index contributed by atoms with van der Waals surface area (Å²) in [6.45, 7) is 8.99. The molecule has 10 heavy (non-hydrogen) atoms. The second-order valence-corrected chi connectivity index (χ2v) is 1.93. The average Bonchev–Trinajstić information content (AvgIpc) is 1.85. The fourth-order valence-electron chi connectivity index (χ4n) is 0.425. The topological polar surface area (TPSA) is 24.4 Å². The van der Waals surface area contributed by atoms with E-state index in [9.17, 15) is 0 Å². The van der Waals surface area contributed by atoms with Crippen LogP contribution in [0.2, 0.25) is 0 Å². The highest BCUT2D eigenvalue weighted by molar-refractivity contribution is 6.59. The summed E-state index contributed by atoms with van der Waals surface area (Å²) in [6.07, 6.45) is 0. The monoisotopic (exact) mass is 134 g/mol. The Labute approximate surface area is 63.1 Å². The van der Waals surface area contributed by atoms with E-state index >= 15 is 0 Å². The second-order valence-electron chi connectivity index (χ2n) is 1.93. The minimum Gasteiger partial charge on any atom is -0.387 e. The maximum absolute atomic E-state index is 5.31. The molecule has 0 amide bonds. The number of aliphatic imine (C=N–C) groups is 1. The third-order valence-electron chi connectivity index (χ3n) is 0.961. The second kappa shape index (κ2) is 3.93. The highest BCUT2D eigenvalue weighted by Gasteiger charge is 1.92. The summed E-state index contributed by atoms with van der Waals surface area (Å²) in [5, 5.41) is 2.81. The zero-order valence-electron chi connectivity index (χ0n) is 6.44. The largest absolute Gasteiger partial charge is 0.387 e. The van der Waals surface area contributed by atoms with Crippen molar-refractivity contribution in [3.8, 4) is 0 Å². The smallest absolute Gasteiger partial charge is 0.135 e. The molecule has 1 N–H and O–H groups in total. The van der Waals surface area contributed by atoms with Gasteiger partial charge in [0, 0.05) is 7.05 Å². The summed E-state index contributed by atoms with van der Waals surface area (Å²) in [4.78, 5) is 3.89. The highest BCUT2D eigenvalue weighted by atomic mass is 14.9. The first-order chi connectivity index (χ1) is 4.57. The van der Waals surface area contributed by atoms with Crippen LogP contribution in [0, 0.1) is 0 Å². The lowest BCUT2D eigenvalue weighted by atomic mass is 10.0. The predicted octanol–water partition coefficient (Wildman–Crippen LogP) is 0.820. The first-order valence-corrected chi connectivity index (χ1v) is 2.94. The number of hydrogen-bond acceptors (Lipinski definition) is 2. The van der Waals surface area contributed by atoms with E-state index in [1.807, 2.05) is 0 Å². The molecule has 0 aromatic carbocycles. The number of nitrogens with zero attached hydrogens (tertiary/aromatic N) is 1. The van der Waals surface area contributed by atoms with Gasteiger partial charge in [-0.2, -0.15) is 0 Å². The van der Waals surface area contributed by atoms with Gasteiger partial charge < -0.3 is 5.32 Å². The van der Waals surface area contributed by atoms with Gasteiger partial charge in [-0.25, -0.2) is 0 Å². The Balaban J connectivity index is 4.11. The Bertz CT molecular complexity index is 178. The molecular formula is C7H11BN2. The van der Waals surface area contributed by atoms with Gasteiger partial charge in [0.1, 0.15) is 7.85 Å². The van der Waals surface area contributed by atoms with Gasteiger partial charge in [0.2, 0.25) is 0 Å². The minimum atomic E-state index is 0.487. The van der Waals surface area contributed by atoms with Crippen molar-refractivity contribution in [3.05, 3.63) is 24.6 Å². The zero-order valence-corrected chi connectivity index (χ0v) is 6.44. The van der Waals surface area contributed by atoms with Crippen LogP contribution in [0.5, 0.6) is 0 Å². The van der Waals surface area contributed by atoms with Crippen LogP contribution in [0.4, 0.5) is 0 Å². The standard InChI is InChI=1S/C7H11BN2/c1-5(9-4)6(2)10-7(3)8/h9H,1-2H2,3-4H3. The molecule has 0 heterocycles. The van der Waals surface area contributed by atoms with Crippen LogP contribution in [0.1, 0.15) is 6.92 Å². The van der Waals surface area contributed by atoms with Gasteiger partial charge in [-0.15, -0.1) is 0 Å². The Morgan fingerprint density at radius 1 is 1.50 bits per heavy atom.